The monoisotopic (exact) mass is 391 g/mol. The van der Waals surface area contributed by atoms with E-state index in [2.05, 4.69) is 15.1 Å². The van der Waals surface area contributed by atoms with Crippen LogP contribution < -0.4 is 5.73 Å². The van der Waals surface area contributed by atoms with Gasteiger partial charge in [0.15, 0.2) is 11.3 Å². The number of hydrogen-bond donors (Lipinski definition) is 1. The van der Waals surface area contributed by atoms with E-state index in [9.17, 15) is 26.3 Å². The summed E-state index contributed by atoms with van der Waals surface area (Å²) in [5.41, 5.74) is 4.21. The highest BCUT2D eigenvalue weighted by Crippen LogP contribution is 2.40. The maximum atomic E-state index is 13.3. The summed E-state index contributed by atoms with van der Waals surface area (Å²) < 4.78 is 79.7. The molecule has 2 heterocycles. The molecule has 0 aliphatic heterocycles. The van der Waals surface area contributed by atoms with Gasteiger partial charge in [-0.25, -0.2) is 14.6 Å². The number of anilines is 1. The van der Waals surface area contributed by atoms with Crippen LogP contribution in [0.3, 0.4) is 0 Å². The molecular formula is C16H15F6N5. The summed E-state index contributed by atoms with van der Waals surface area (Å²) in [7, 11) is 0. The van der Waals surface area contributed by atoms with Crippen LogP contribution in [0.1, 0.15) is 38.7 Å². The van der Waals surface area contributed by atoms with Crippen molar-refractivity contribution in [2.45, 2.75) is 39.5 Å². The number of alkyl halides is 6. The zero-order valence-corrected chi connectivity index (χ0v) is 14.5. The molecule has 1 aliphatic carbocycles. The summed E-state index contributed by atoms with van der Waals surface area (Å²) in [5, 5.41) is 3.06. The molecule has 27 heavy (non-hydrogen) atoms. The predicted octanol–water partition coefficient (Wildman–Crippen LogP) is 4.66. The van der Waals surface area contributed by atoms with E-state index >= 15 is 0 Å². The van der Waals surface area contributed by atoms with E-state index < -0.39 is 40.7 Å². The molecule has 3 rings (SSSR count). The first-order valence-corrected chi connectivity index (χ1v) is 7.82. The van der Waals surface area contributed by atoms with Crippen molar-refractivity contribution in [2.24, 2.45) is 5.41 Å². The average molecular weight is 391 g/mol. The summed E-state index contributed by atoms with van der Waals surface area (Å²) >= 11 is 0. The Labute approximate surface area is 149 Å². The van der Waals surface area contributed by atoms with Gasteiger partial charge < -0.3 is 5.73 Å². The smallest absolute Gasteiger partial charge is 0.383 e. The summed E-state index contributed by atoms with van der Waals surface area (Å²) in [6.07, 6.45) is -6.14. The van der Waals surface area contributed by atoms with Crippen LogP contribution in [0.2, 0.25) is 0 Å². The molecule has 0 bridgehead atoms. The SMILES string of the molecule is CC1=CC(C)(C)CC=C1n1nc2nc(C(F)(F)F)nc(C(F)(F)F)c2c1N. The lowest BCUT2D eigenvalue weighted by Crippen LogP contribution is -2.17. The van der Waals surface area contributed by atoms with Gasteiger partial charge in [-0.05, 0) is 24.3 Å². The van der Waals surface area contributed by atoms with Crippen molar-refractivity contribution in [3.63, 3.8) is 0 Å². The van der Waals surface area contributed by atoms with Gasteiger partial charge in [-0.3, -0.25) is 0 Å². The number of halogens is 6. The quantitative estimate of drug-likeness (QED) is 0.718. The average Bonchev–Trinajstić information content (AvgIpc) is 2.81. The van der Waals surface area contributed by atoms with Gasteiger partial charge in [0, 0.05) is 0 Å². The van der Waals surface area contributed by atoms with E-state index in [-0.39, 0.29) is 5.41 Å². The first kappa shape index (κ1) is 19.2. The number of hydrogen-bond acceptors (Lipinski definition) is 4. The molecule has 0 fully saturated rings. The number of fused-ring (bicyclic) bond motifs is 1. The highest BCUT2D eigenvalue weighted by atomic mass is 19.4. The maximum absolute atomic E-state index is 13.3. The summed E-state index contributed by atoms with van der Waals surface area (Å²) in [6.45, 7) is 5.65. The molecule has 0 atom stereocenters. The van der Waals surface area contributed by atoms with Crippen LogP contribution in [-0.4, -0.2) is 19.7 Å². The van der Waals surface area contributed by atoms with Gasteiger partial charge in [0.1, 0.15) is 5.82 Å². The van der Waals surface area contributed by atoms with Crippen LogP contribution in [0.15, 0.2) is 17.7 Å². The molecular weight excluding hydrogens is 376 g/mol. The lowest BCUT2D eigenvalue weighted by atomic mass is 9.82. The minimum Gasteiger partial charge on any atom is -0.383 e. The van der Waals surface area contributed by atoms with E-state index in [4.69, 9.17) is 5.73 Å². The van der Waals surface area contributed by atoms with Gasteiger partial charge in [-0.15, -0.1) is 5.10 Å². The van der Waals surface area contributed by atoms with Crippen molar-refractivity contribution in [1.29, 1.82) is 0 Å². The molecule has 0 saturated heterocycles. The van der Waals surface area contributed by atoms with Crippen LogP contribution >= 0.6 is 0 Å². The second kappa shape index (κ2) is 5.70. The molecule has 0 amide bonds. The normalized spacial score (nSPS) is 17.8. The van der Waals surface area contributed by atoms with Gasteiger partial charge in [-0.1, -0.05) is 26.0 Å². The highest BCUT2D eigenvalue weighted by molar-refractivity contribution is 5.91. The van der Waals surface area contributed by atoms with Gasteiger partial charge in [0.25, 0.3) is 0 Å². The first-order valence-electron chi connectivity index (χ1n) is 7.82. The number of nitrogens with two attached hydrogens (primary N) is 1. The molecule has 11 heteroatoms. The van der Waals surface area contributed by atoms with Crippen LogP contribution in [0, 0.1) is 5.41 Å². The van der Waals surface area contributed by atoms with Crippen molar-refractivity contribution >= 4 is 22.5 Å². The largest absolute Gasteiger partial charge is 0.451 e. The van der Waals surface area contributed by atoms with Crippen molar-refractivity contribution in [3.05, 3.63) is 29.2 Å². The minimum absolute atomic E-state index is 0.171. The number of allylic oxidation sites excluding steroid dienone is 4. The van der Waals surface area contributed by atoms with E-state index in [1.807, 2.05) is 19.9 Å². The Bertz CT molecular complexity index is 978. The standard InChI is InChI=1S/C16H15F6N5/c1-7-6-14(2,3)5-4-8(7)27-11(23)9-10(15(17,18)19)24-13(16(20,21)22)25-12(9)26-27/h4,6H,5,23H2,1-3H3. The molecule has 146 valence electrons. The van der Waals surface area contributed by atoms with E-state index in [1.54, 1.807) is 13.0 Å². The Morgan fingerprint density at radius 2 is 1.70 bits per heavy atom. The number of aromatic nitrogens is 4. The third kappa shape index (κ3) is 3.37. The fourth-order valence-corrected chi connectivity index (χ4v) is 3.02. The Hall–Kier alpha value is -2.59. The van der Waals surface area contributed by atoms with Crippen molar-refractivity contribution in [3.8, 4) is 0 Å². The predicted molar refractivity (Wildman–Crippen MR) is 86.2 cm³/mol. The van der Waals surface area contributed by atoms with Gasteiger partial charge in [0.2, 0.25) is 5.82 Å². The molecule has 0 unspecified atom stereocenters. The Morgan fingerprint density at radius 3 is 2.22 bits per heavy atom. The van der Waals surface area contributed by atoms with Gasteiger partial charge in [-0.2, -0.15) is 26.3 Å². The topological polar surface area (TPSA) is 69.6 Å². The summed E-state index contributed by atoms with van der Waals surface area (Å²) in [6, 6.07) is 0. The Morgan fingerprint density at radius 1 is 1.07 bits per heavy atom. The molecule has 0 saturated carbocycles. The van der Waals surface area contributed by atoms with Crippen LogP contribution in [-0.2, 0) is 12.4 Å². The molecule has 1 aliphatic rings. The van der Waals surface area contributed by atoms with Crippen molar-refractivity contribution in [1.82, 2.24) is 19.7 Å². The molecule has 0 spiro atoms. The molecule has 0 radical (unpaired) electrons. The molecule has 2 aromatic heterocycles. The van der Waals surface area contributed by atoms with Crippen molar-refractivity contribution < 1.29 is 26.3 Å². The fraction of sp³-hybridized carbons (Fsp3) is 0.438. The van der Waals surface area contributed by atoms with Crippen LogP contribution in [0.25, 0.3) is 16.7 Å². The fourth-order valence-electron chi connectivity index (χ4n) is 3.02. The maximum Gasteiger partial charge on any atom is 0.451 e. The van der Waals surface area contributed by atoms with E-state index in [0.717, 1.165) is 4.68 Å². The third-order valence-electron chi connectivity index (χ3n) is 4.15. The zero-order chi connectivity index (χ0) is 20.4. The second-order valence-electron chi connectivity index (χ2n) is 7.00. The van der Waals surface area contributed by atoms with Crippen molar-refractivity contribution in [2.75, 3.05) is 5.73 Å². The number of nitrogens with zero attached hydrogens (tertiary/aromatic N) is 4. The lowest BCUT2D eigenvalue weighted by Gasteiger charge is -2.26. The van der Waals surface area contributed by atoms with Gasteiger partial charge >= 0.3 is 12.4 Å². The zero-order valence-electron chi connectivity index (χ0n) is 14.5. The van der Waals surface area contributed by atoms with Crippen LogP contribution in [0.4, 0.5) is 32.2 Å². The van der Waals surface area contributed by atoms with Gasteiger partial charge in [0.05, 0.1) is 11.1 Å². The molecule has 2 N–H and O–H groups in total. The first-order chi connectivity index (χ1) is 12.2. The summed E-state index contributed by atoms with van der Waals surface area (Å²) in [4.78, 5) is 5.83. The summed E-state index contributed by atoms with van der Waals surface area (Å²) in [5.74, 6) is -2.39. The second-order valence-corrected chi connectivity index (χ2v) is 7.00. The third-order valence-corrected chi connectivity index (χ3v) is 4.15. The molecule has 5 nitrogen and oxygen atoms in total. The Balaban J connectivity index is 2.29. The Kier molecular flexibility index (Phi) is 4.05. The van der Waals surface area contributed by atoms with E-state index in [0.29, 0.717) is 17.7 Å². The molecule has 2 aromatic rings. The number of rotatable bonds is 1. The molecule has 0 aromatic carbocycles. The lowest BCUT2D eigenvalue weighted by molar-refractivity contribution is -0.151. The van der Waals surface area contributed by atoms with E-state index in [1.165, 1.54) is 0 Å². The highest BCUT2D eigenvalue weighted by Gasteiger charge is 2.43. The minimum atomic E-state index is -5.16. The number of nitrogen functional groups attached to an aromatic ring is 1. The van der Waals surface area contributed by atoms with Crippen LogP contribution in [0.5, 0.6) is 0 Å².